The van der Waals surface area contributed by atoms with Crippen molar-refractivity contribution in [1.82, 2.24) is 29.4 Å². The normalized spacial score (nSPS) is 20.9. The Balaban J connectivity index is 0.804. The molecule has 0 atom stereocenters. The monoisotopic (exact) mass is 686 g/mol. The minimum atomic E-state index is -0.0765. The number of hydrogen-bond acceptors (Lipinski definition) is 6. The summed E-state index contributed by atoms with van der Waals surface area (Å²) in [6.45, 7) is 3.27. The van der Waals surface area contributed by atoms with Crippen LogP contribution < -0.4 is 10.6 Å². The molecule has 0 unspecified atom stereocenters. The quantitative estimate of drug-likeness (QED) is 0.143. The molecule has 0 bridgehead atoms. The minimum Gasteiger partial charge on any atom is -0.469 e. The number of amides is 2. The number of aryl methyl sites for hydroxylation is 1. The van der Waals surface area contributed by atoms with Crippen molar-refractivity contribution in [3.63, 3.8) is 0 Å². The van der Waals surface area contributed by atoms with Gasteiger partial charge < -0.3 is 28.3 Å². The second kappa shape index (κ2) is 14.6. The van der Waals surface area contributed by atoms with E-state index in [1.807, 2.05) is 70.8 Å². The maximum atomic E-state index is 13.2. The summed E-state index contributed by atoms with van der Waals surface area (Å²) in [5, 5.41) is 6.30. The summed E-state index contributed by atoms with van der Waals surface area (Å²) in [4.78, 5) is 35.6. The van der Waals surface area contributed by atoms with E-state index in [0.29, 0.717) is 65.6 Å². The number of furan rings is 2. The molecule has 0 saturated heterocycles. The molecule has 8 rings (SSSR count). The SMILES string of the molecule is Cc1ccn2ccc(C(=O)NCC3CCC(c4ccc(Cc5ccn6ccc(C(=O)NCCC7CCC(c8ccco8)CC7)c6n5)o4)CC3)c2n1. The molecule has 0 aromatic carbocycles. The van der Waals surface area contributed by atoms with Gasteiger partial charge in [0.05, 0.1) is 23.1 Å². The first kappa shape index (κ1) is 33.0. The molecule has 2 fully saturated rings. The van der Waals surface area contributed by atoms with Gasteiger partial charge in [0.15, 0.2) is 0 Å². The van der Waals surface area contributed by atoms with Crippen molar-refractivity contribution in [3.05, 3.63) is 119 Å². The van der Waals surface area contributed by atoms with Crippen molar-refractivity contribution < 1.29 is 18.4 Å². The third-order valence-electron chi connectivity index (χ3n) is 11.2. The summed E-state index contributed by atoms with van der Waals surface area (Å²) in [5.74, 6) is 4.83. The van der Waals surface area contributed by atoms with E-state index in [9.17, 15) is 9.59 Å². The molecule has 0 spiro atoms. The van der Waals surface area contributed by atoms with Gasteiger partial charge in [-0.25, -0.2) is 9.97 Å². The fraction of sp³-hybridized carbons (Fsp3) is 0.415. The van der Waals surface area contributed by atoms with Crippen LogP contribution in [0.3, 0.4) is 0 Å². The Bertz CT molecular complexity index is 2110. The van der Waals surface area contributed by atoms with E-state index >= 15 is 0 Å². The Hall–Kier alpha value is -5.12. The van der Waals surface area contributed by atoms with Gasteiger partial charge in [0.1, 0.15) is 28.6 Å². The van der Waals surface area contributed by atoms with Gasteiger partial charge in [-0.1, -0.05) is 0 Å². The second-order valence-electron chi connectivity index (χ2n) is 14.6. The number of fused-ring (bicyclic) bond motifs is 2. The van der Waals surface area contributed by atoms with Gasteiger partial charge in [0.25, 0.3) is 11.8 Å². The van der Waals surface area contributed by atoms with Gasteiger partial charge in [0, 0.05) is 61.8 Å². The van der Waals surface area contributed by atoms with Crippen molar-refractivity contribution >= 4 is 23.1 Å². The van der Waals surface area contributed by atoms with Crippen molar-refractivity contribution in [2.75, 3.05) is 13.1 Å². The first-order valence-electron chi connectivity index (χ1n) is 18.6. The summed E-state index contributed by atoms with van der Waals surface area (Å²) < 4.78 is 15.8. The van der Waals surface area contributed by atoms with Crippen molar-refractivity contribution in [3.8, 4) is 0 Å². The Morgan fingerprint density at radius 1 is 0.725 bits per heavy atom. The fourth-order valence-corrected chi connectivity index (χ4v) is 8.15. The Labute approximate surface area is 297 Å². The molecule has 2 saturated carbocycles. The molecule has 2 amide bonds. The number of aromatic nitrogens is 4. The van der Waals surface area contributed by atoms with Crippen LogP contribution in [0.15, 0.2) is 88.4 Å². The van der Waals surface area contributed by atoms with Crippen LogP contribution in [-0.4, -0.2) is 43.7 Å². The zero-order valence-electron chi connectivity index (χ0n) is 29.2. The van der Waals surface area contributed by atoms with Gasteiger partial charge in [-0.05, 0) is 125 Å². The summed E-state index contributed by atoms with van der Waals surface area (Å²) >= 11 is 0. The molecule has 6 aromatic heterocycles. The predicted molar refractivity (Wildman–Crippen MR) is 194 cm³/mol. The molecular weight excluding hydrogens is 640 g/mol. The molecule has 0 radical (unpaired) electrons. The van der Waals surface area contributed by atoms with Crippen LogP contribution in [0.4, 0.5) is 0 Å². The van der Waals surface area contributed by atoms with Crippen LogP contribution in [-0.2, 0) is 6.42 Å². The topological polar surface area (TPSA) is 119 Å². The molecule has 2 aliphatic carbocycles. The highest BCUT2D eigenvalue weighted by atomic mass is 16.3. The summed E-state index contributed by atoms with van der Waals surface area (Å²) in [6.07, 6.45) is 19.8. The molecule has 6 aromatic rings. The summed E-state index contributed by atoms with van der Waals surface area (Å²) in [5.41, 5.74) is 4.33. The van der Waals surface area contributed by atoms with Gasteiger partial charge in [-0.2, -0.15) is 0 Å². The highest BCUT2D eigenvalue weighted by Crippen LogP contribution is 2.38. The highest BCUT2D eigenvalue weighted by Gasteiger charge is 2.26. The molecule has 10 heteroatoms. The number of nitrogens with one attached hydrogen (secondary N) is 2. The predicted octanol–water partition coefficient (Wildman–Crippen LogP) is 7.86. The lowest BCUT2D eigenvalue weighted by atomic mass is 9.79. The van der Waals surface area contributed by atoms with Gasteiger partial charge in [-0.15, -0.1) is 0 Å². The maximum absolute atomic E-state index is 13.2. The smallest absolute Gasteiger partial charge is 0.255 e. The average Bonchev–Trinajstić information content (AvgIpc) is 3.98. The molecule has 264 valence electrons. The third-order valence-corrected chi connectivity index (χ3v) is 11.2. The van der Waals surface area contributed by atoms with Crippen LogP contribution in [0.2, 0.25) is 0 Å². The average molecular weight is 687 g/mol. The van der Waals surface area contributed by atoms with Crippen LogP contribution in [0.5, 0.6) is 0 Å². The third kappa shape index (κ3) is 7.36. The zero-order valence-corrected chi connectivity index (χ0v) is 29.2. The Morgan fingerprint density at radius 3 is 2.10 bits per heavy atom. The van der Waals surface area contributed by atoms with E-state index in [0.717, 1.165) is 73.6 Å². The molecule has 2 N–H and O–H groups in total. The van der Waals surface area contributed by atoms with E-state index < -0.39 is 0 Å². The molecule has 2 aliphatic rings. The number of carbonyl (C=O) groups is 2. The van der Waals surface area contributed by atoms with Crippen molar-refractivity contribution in [2.24, 2.45) is 11.8 Å². The van der Waals surface area contributed by atoms with E-state index in [2.05, 4.69) is 33.8 Å². The number of nitrogens with zero attached hydrogens (tertiary/aromatic N) is 4. The molecular formula is C41H46N6O4. The number of hydrogen-bond donors (Lipinski definition) is 2. The Kier molecular flexibility index (Phi) is 9.47. The maximum Gasteiger partial charge on any atom is 0.255 e. The van der Waals surface area contributed by atoms with Gasteiger partial charge >= 0.3 is 0 Å². The van der Waals surface area contributed by atoms with E-state index in [-0.39, 0.29) is 11.8 Å². The molecule has 10 nitrogen and oxygen atoms in total. The lowest BCUT2D eigenvalue weighted by Crippen LogP contribution is -2.31. The van der Waals surface area contributed by atoms with Gasteiger partial charge in [0.2, 0.25) is 0 Å². The van der Waals surface area contributed by atoms with Crippen molar-refractivity contribution in [2.45, 2.75) is 83.0 Å². The largest absolute Gasteiger partial charge is 0.469 e. The van der Waals surface area contributed by atoms with Crippen molar-refractivity contribution in [1.29, 1.82) is 0 Å². The standard InChI is InChI=1S/C41H46N6O4/c1-27-15-20-46-22-17-34(38(46)44-27)41(49)43-26-29-6-10-31(11-7-29)37-13-12-33(51-37)25-32-16-21-47-23-18-35(39(47)45-32)40(48)42-19-14-28-4-8-30(9-5-28)36-3-2-24-50-36/h2-3,12-13,15-18,20-24,28-31H,4-11,14,19,25-26H2,1H3,(H,42,48)(H,43,49). The van der Waals surface area contributed by atoms with E-state index in [4.69, 9.17) is 13.8 Å². The van der Waals surface area contributed by atoms with Gasteiger partial charge in [-0.3, -0.25) is 9.59 Å². The summed E-state index contributed by atoms with van der Waals surface area (Å²) in [7, 11) is 0. The number of rotatable bonds is 11. The molecule has 51 heavy (non-hydrogen) atoms. The van der Waals surface area contributed by atoms with Crippen LogP contribution in [0.25, 0.3) is 11.3 Å². The first-order valence-corrected chi connectivity index (χ1v) is 18.6. The summed E-state index contributed by atoms with van der Waals surface area (Å²) in [6, 6.07) is 15.8. The Morgan fingerprint density at radius 2 is 1.37 bits per heavy atom. The van der Waals surface area contributed by atoms with Crippen LogP contribution in [0, 0.1) is 18.8 Å². The van der Waals surface area contributed by atoms with E-state index in [1.165, 1.54) is 12.8 Å². The highest BCUT2D eigenvalue weighted by molar-refractivity contribution is 6.00. The van der Waals surface area contributed by atoms with Crippen LogP contribution in [0.1, 0.15) is 119 Å². The molecule has 6 heterocycles. The first-order chi connectivity index (χ1) is 25.0. The lowest BCUT2D eigenvalue weighted by Gasteiger charge is -2.27. The fourth-order valence-electron chi connectivity index (χ4n) is 8.15. The zero-order chi connectivity index (χ0) is 34.7. The second-order valence-corrected chi connectivity index (χ2v) is 14.6. The lowest BCUT2D eigenvalue weighted by molar-refractivity contribution is 0.0938. The minimum absolute atomic E-state index is 0.0664. The van der Waals surface area contributed by atoms with Crippen LogP contribution >= 0.6 is 0 Å². The number of carbonyl (C=O) groups excluding carboxylic acids is 2. The molecule has 0 aliphatic heterocycles. The van der Waals surface area contributed by atoms with E-state index in [1.54, 1.807) is 6.26 Å².